The summed E-state index contributed by atoms with van der Waals surface area (Å²) in [5, 5.41) is 10.5. The molecule has 0 aromatic carbocycles. The molecule has 19 heteroatoms. The van der Waals surface area contributed by atoms with Gasteiger partial charge in [-0.1, -0.05) is 266 Å². The largest absolute Gasteiger partial charge is 0.472 e. The Bertz CT molecular complexity index is 1630. The van der Waals surface area contributed by atoms with Gasteiger partial charge >= 0.3 is 39.5 Å². The Hall–Kier alpha value is -1.94. The van der Waals surface area contributed by atoms with Gasteiger partial charge in [0.05, 0.1) is 26.4 Å². The SMILES string of the molecule is CCCCCCCCCCCCCC(=O)OC[C@H](COP(=O)(O)OC[C@@H](O)COP(=O)(O)OC[C@@H](COC(=O)CCCCCCC)OC(=O)CCCCCCCCC(C)CC)OC(=O)CCCCCCCCCCCCCCCCC(C)C. The maximum atomic E-state index is 13.0. The number of phosphoric ester groups is 2. The van der Waals surface area contributed by atoms with Crippen LogP contribution >= 0.6 is 15.6 Å². The average Bonchev–Trinajstić information content (AvgIpc) is 3.46. The Labute approximate surface area is 505 Å². The molecule has 0 aromatic rings. The number of esters is 4. The number of carbonyl (C=O) groups is 4. The molecule has 0 spiro atoms. The van der Waals surface area contributed by atoms with Gasteiger partial charge in [-0.3, -0.25) is 37.3 Å². The minimum Gasteiger partial charge on any atom is -0.462 e. The van der Waals surface area contributed by atoms with Crippen LogP contribution < -0.4 is 0 Å². The number of rotatable bonds is 63. The molecule has 0 rings (SSSR count). The maximum Gasteiger partial charge on any atom is 0.472 e. The van der Waals surface area contributed by atoms with Crippen LogP contribution in [-0.2, 0) is 65.4 Å². The number of hydrogen-bond donors (Lipinski definition) is 3. The summed E-state index contributed by atoms with van der Waals surface area (Å²) in [4.78, 5) is 72.0. The standard InChI is InChI=1S/C64H124O17P2/c1-7-10-12-14-15-16-21-25-28-35-41-47-62(67)75-53-60(80-63(68)48-42-36-29-26-23-20-18-17-19-22-24-27-33-38-44-56(4)5)55-79-83(72,73)77-51-58(65)50-76-82(70,71)78-54-59(52-74-61(66)46-40-32-13-11-8-2)81-64(69)49-43-37-31-30-34-39-45-57(6)9-3/h56-60,65H,7-55H2,1-6H3,(H,70,71)(H,72,73)/t57?,58-,59+,60+/m0/s1. The molecule has 0 aromatic heterocycles. The van der Waals surface area contributed by atoms with Crippen molar-refractivity contribution in [3.63, 3.8) is 0 Å². The number of aliphatic hydroxyl groups is 1. The highest BCUT2D eigenvalue weighted by Gasteiger charge is 2.30. The first-order valence-electron chi connectivity index (χ1n) is 33.5. The zero-order valence-electron chi connectivity index (χ0n) is 53.5. The lowest BCUT2D eigenvalue weighted by Crippen LogP contribution is -2.30. The molecular formula is C64H124O17P2. The van der Waals surface area contributed by atoms with Crippen molar-refractivity contribution >= 4 is 39.5 Å². The zero-order chi connectivity index (χ0) is 61.5. The summed E-state index contributed by atoms with van der Waals surface area (Å²) in [7, 11) is -9.88. The van der Waals surface area contributed by atoms with Crippen LogP contribution in [0.3, 0.4) is 0 Å². The predicted molar refractivity (Wildman–Crippen MR) is 331 cm³/mol. The van der Waals surface area contributed by atoms with E-state index >= 15 is 0 Å². The van der Waals surface area contributed by atoms with E-state index in [9.17, 15) is 43.2 Å². The first kappa shape index (κ1) is 81.1. The fraction of sp³-hybridized carbons (Fsp3) is 0.938. The smallest absolute Gasteiger partial charge is 0.462 e. The molecule has 0 saturated carbocycles. The number of ether oxygens (including phenoxy) is 4. The monoisotopic (exact) mass is 1230 g/mol. The minimum absolute atomic E-state index is 0.102. The van der Waals surface area contributed by atoms with Crippen molar-refractivity contribution in [3.05, 3.63) is 0 Å². The van der Waals surface area contributed by atoms with Gasteiger partial charge in [-0.05, 0) is 37.5 Å². The molecule has 0 aliphatic rings. The van der Waals surface area contributed by atoms with Crippen LogP contribution in [0.15, 0.2) is 0 Å². The van der Waals surface area contributed by atoms with Crippen LogP contribution in [0.2, 0.25) is 0 Å². The van der Waals surface area contributed by atoms with Crippen LogP contribution in [0.25, 0.3) is 0 Å². The van der Waals surface area contributed by atoms with Gasteiger partial charge in [0.1, 0.15) is 19.3 Å². The molecular weight excluding hydrogens is 1100 g/mol. The summed E-state index contributed by atoms with van der Waals surface area (Å²) >= 11 is 0. The molecule has 0 bridgehead atoms. The summed E-state index contributed by atoms with van der Waals surface area (Å²) in [5.74, 6) is -0.630. The van der Waals surface area contributed by atoms with Crippen molar-refractivity contribution in [1.82, 2.24) is 0 Å². The lowest BCUT2D eigenvalue weighted by Gasteiger charge is -2.21. The van der Waals surface area contributed by atoms with E-state index in [1.807, 2.05) is 0 Å². The second kappa shape index (κ2) is 56.6. The summed E-state index contributed by atoms with van der Waals surface area (Å²) in [5.41, 5.74) is 0. The van der Waals surface area contributed by atoms with Gasteiger partial charge in [0.2, 0.25) is 0 Å². The summed E-state index contributed by atoms with van der Waals surface area (Å²) in [6.45, 7) is 9.38. The van der Waals surface area contributed by atoms with Gasteiger partial charge in [0.25, 0.3) is 0 Å². The molecule has 0 aliphatic carbocycles. The second-order valence-electron chi connectivity index (χ2n) is 23.9. The Morgan fingerprint density at radius 3 is 0.916 bits per heavy atom. The third kappa shape index (κ3) is 57.6. The van der Waals surface area contributed by atoms with E-state index < -0.39 is 97.5 Å². The van der Waals surface area contributed by atoms with Gasteiger partial charge in [0.15, 0.2) is 12.2 Å². The fourth-order valence-electron chi connectivity index (χ4n) is 9.50. The van der Waals surface area contributed by atoms with Gasteiger partial charge in [-0.25, -0.2) is 9.13 Å². The molecule has 0 heterocycles. The van der Waals surface area contributed by atoms with Gasteiger partial charge < -0.3 is 33.8 Å². The Balaban J connectivity index is 5.16. The lowest BCUT2D eigenvalue weighted by atomic mass is 10.00. The van der Waals surface area contributed by atoms with Gasteiger partial charge in [-0.2, -0.15) is 0 Å². The molecule has 0 radical (unpaired) electrons. The van der Waals surface area contributed by atoms with Crippen molar-refractivity contribution in [1.29, 1.82) is 0 Å². The number of unbranched alkanes of at least 4 members (excludes halogenated alkanes) is 32. The molecule has 3 N–H and O–H groups in total. The van der Waals surface area contributed by atoms with Crippen LogP contribution in [0.5, 0.6) is 0 Å². The third-order valence-electron chi connectivity index (χ3n) is 15.1. The highest BCUT2D eigenvalue weighted by molar-refractivity contribution is 7.47. The quantitative estimate of drug-likeness (QED) is 0.0222. The van der Waals surface area contributed by atoms with Crippen LogP contribution in [0.1, 0.15) is 318 Å². The van der Waals surface area contributed by atoms with Crippen molar-refractivity contribution in [2.75, 3.05) is 39.6 Å². The van der Waals surface area contributed by atoms with E-state index in [0.717, 1.165) is 108 Å². The van der Waals surface area contributed by atoms with E-state index in [4.69, 9.17) is 37.0 Å². The maximum absolute atomic E-state index is 13.0. The molecule has 3 unspecified atom stereocenters. The van der Waals surface area contributed by atoms with E-state index in [0.29, 0.717) is 25.7 Å². The summed E-state index contributed by atoms with van der Waals surface area (Å²) in [6, 6.07) is 0. The first-order chi connectivity index (χ1) is 39.9. The van der Waals surface area contributed by atoms with Crippen molar-refractivity contribution in [2.45, 2.75) is 336 Å². The molecule has 6 atom stereocenters. The highest BCUT2D eigenvalue weighted by Crippen LogP contribution is 2.45. The number of hydrogen-bond acceptors (Lipinski definition) is 15. The molecule has 0 saturated heterocycles. The van der Waals surface area contributed by atoms with Crippen molar-refractivity contribution in [3.8, 4) is 0 Å². The van der Waals surface area contributed by atoms with Crippen molar-refractivity contribution in [2.24, 2.45) is 11.8 Å². The number of carbonyl (C=O) groups excluding carboxylic acids is 4. The Morgan fingerprint density at radius 2 is 0.614 bits per heavy atom. The summed E-state index contributed by atoms with van der Waals surface area (Å²) < 4.78 is 67.8. The van der Waals surface area contributed by atoms with Crippen molar-refractivity contribution < 1.29 is 80.2 Å². The topological polar surface area (TPSA) is 237 Å². The van der Waals surface area contributed by atoms with Gasteiger partial charge in [-0.15, -0.1) is 0 Å². The minimum atomic E-state index is -4.94. The zero-order valence-corrected chi connectivity index (χ0v) is 55.3. The molecule has 492 valence electrons. The fourth-order valence-corrected chi connectivity index (χ4v) is 11.1. The Kier molecular flexibility index (Phi) is 55.2. The average molecular weight is 1230 g/mol. The van der Waals surface area contributed by atoms with E-state index in [1.54, 1.807) is 0 Å². The molecule has 0 amide bonds. The third-order valence-corrected chi connectivity index (χ3v) is 17.0. The Morgan fingerprint density at radius 1 is 0.349 bits per heavy atom. The summed E-state index contributed by atoms with van der Waals surface area (Å²) in [6.07, 6.45) is 39.3. The molecule has 0 fully saturated rings. The molecule has 0 aliphatic heterocycles. The normalized spacial score (nSPS) is 14.6. The van der Waals surface area contributed by atoms with Crippen LogP contribution in [-0.4, -0.2) is 96.7 Å². The van der Waals surface area contributed by atoms with E-state index in [2.05, 4.69) is 41.5 Å². The number of aliphatic hydroxyl groups excluding tert-OH is 1. The van der Waals surface area contributed by atoms with Crippen LogP contribution in [0, 0.1) is 11.8 Å². The number of phosphoric acid groups is 2. The highest BCUT2D eigenvalue weighted by atomic mass is 31.2. The molecule has 83 heavy (non-hydrogen) atoms. The van der Waals surface area contributed by atoms with E-state index in [1.165, 1.54) is 128 Å². The van der Waals surface area contributed by atoms with Crippen LogP contribution in [0.4, 0.5) is 0 Å². The van der Waals surface area contributed by atoms with E-state index in [-0.39, 0.29) is 25.7 Å². The predicted octanol–water partition coefficient (Wildman–Crippen LogP) is 17.7. The lowest BCUT2D eigenvalue weighted by molar-refractivity contribution is -0.161. The second-order valence-corrected chi connectivity index (χ2v) is 26.8. The first-order valence-corrected chi connectivity index (χ1v) is 36.5. The molecule has 17 nitrogen and oxygen atoms in total. The van der Waals surface area contributed by atoms with Gasteiger partial charge in [0, 0.05) is 25.7 Å².